The molecule has 0 spiro atoms. The maximum Gasteiger partial charge on any atom is 0.136 e. The highest BCUT2D eigenvalue weighted by atomic mass is 16.3. The Morgan fingerprint density at radius 3 is 1.51 bits per heavy atom. The van der Waals surface area contributed by atoms with Crippen molar-refractivity contribution in [1.29, 1.82) is 0 Å². The van der Waals surface area contributed by atoms with E-state index in [9.17, 15) is 0 Å². The van der Waals surface area contributed by atoms with Crippen LogP contribution < -0.4 is 0 Å². The molecule has 0 aliphatic heterocycles. The van der Waals surface area contributed by atoms with Crippen molar-refractivity contribution >= 4 is 65.0 Å². The third-order valence-electron chi connectivity index (χ3n) is 11.1. The number of para-hydroxylation sites is 1. The highest BCUT2D eigenvalue weighted by Gasteiger charge is 2.23. The quantitative estimate of drug-likeness (QED) is 0.170. The van der Waals surface area contributed by atoms with E-state index in [4.69, 9.17) is 4.42 Å². The standard InChI is InChI=1S/C52H32O/c1-2-16-35-30-36(29-28-33(35)14-1)38-19-5-6-21-41(38)51-42-22-7-9-24-44(42)52(45-25-10-8-23-43(45)51)48-31-47-40-20-11-12-27-49(40)53-50(47)32-46(48)39-26-13-17-34-15-3-4-18-37(34)39/h1-32H. The summed E-state index contributed by atoms with van der Waals surface area (Å²) in [7, 11) is 0. The highest BCUT2D eigenvalue weighted by Crippen LogP contribution is 2.50. The van der Waals surface area contributed by atoms with Gasteiger partial charge in [0.2, 0.25) is 0 Å². The molecule has 1 aromatic heterocycles. The number of furan rings is 1. The molecule has 0 amide bonds. The minimum atomic E-state index is 0.896. The summed E-state index contributed by atoms with van der Waals surface area (Å²) < 4.78 is 6.55. The fourth-order valence-electron chi connectivity index (χ4n) is 8.68. The summed E-state index contributed by atoms with van der Waals surface area (Å²) in [5.41, 5.74) is 11.5. The van der Waals surface area contributed by atoms with E-state index in [-0.39, 0.29) is 0 Å². The zero-order valence-corrected chi connectivity index (χ0v) is 28.9. The molecule has 0 bridgehead atoms. The van der Waals surface area contributed by atoms with Crippen LogP contribution in [0.4, 0.5) is 0 Å². The molecule has 0 saturated carbocycles. The predicted molar refractivity (Wildman–Crippen MR) is 225 cm³/mol. The van der Waals surface area contributed by atoms with Gasteiger partial charge >= 0.3 is 0 Å². The number of fused-ring (bicyclic) bond motifs is 7. The van der Waals surface area contributed by atoms with Crippen molar-refractivity contribution < 1.29 is 4.42 Å². The van der Waals surface area contributed by atoms with Crippen molar-refractivity contribution in [3.63, 3.8) is 0 Å². The Morgan fingerprint density at radius 2 is 0.774 bits per heavy atom. The van der Waals surface area contributed by atoms with Gasteiger partial charge in [-0.15, -0.1) is 0 Å². The summed E-state index contributed by atoms with van der Waals surface area (Å²) in [5, 5.41) is 12.1. The number of hydrogen-bond acceptors (Lipinski definition) is 1. The lowest BCUT2D eigenvalue weighted by Crippen LogP contribution is -1.94. The molecule has 11 rings (SSSR count). The van der Waals surface area contributed by atoms with E-state index in [0.29, 0.717) is 0 Å². The molecule has 0 N–H and O–H groups in total. The van der Waals surface area contributed by atoms with E-state index in [2.05, 4.69) is 188 Å². The van der Waals surface area contributed by atoms with Gasteiger partial charge in [0.05, 0.1) is 0 Å². The molecule has 0 atom stereocenters. The molecule has 1 heteroatoms. The Balaban J connectivity index is 1.26. The fourth-order valence-corrected chi connectivity index (χ4v) is 8.68. The SMILES string of the molecule is c1ccc(-c2c3ccccc3c(-c3cc4c(cc3-c3cccc5ccccc35)oc3ccccc34)c3ccccc23)c(-c2ccc3ccccc3c2)c1. The maximum atomic E-state index is 6.55. The highest BCUT2D eigenvalue weighted by molar-refractivity contribution is 6.25. The van der Waals surface area contributed by atoms with Gasteiger partial charge < -0.3 is 4.42 Å². The number of benzene rings is 10. The van der Waals surface area contributed by atoms with E-state index < -0.39 is 0 Å². The van der Waals surface area contributed by atoms with Gasteiger partial charge in [0.1, 0.15) is 11.2 Å². The third kappa shape index (κ3) is 4.64. The van der Waals surface area contributed by atoms with Crippen molar-refractivity contribution in [3.05, 3.63) is 194 Å². The van der Waals surface area contributed by atoms with Gasteiger partial charge in [-0.05, 0) is 112 Å². The van der Waals surface area contributed by atoms with Crippen molar-refractivity contribution in [3.8, 4) is 44.5 Å². The Kier molecular flexibility index (Phi) is 6.62. The van der Waals surface area contributed by atoms with Gasteiger partial charge in [0.15, 0.2) is 0 Å². The number of hydrogen-bond donors (Lipinski definition) is 0. The summed E-state index contributed by atoms with van der Waals surface area (Å²) in [6.45, 7) is 0. The Bertz CT molecular complexity index is 3170. The van der Waals surface area contributed by atoms with Gasteiger partial charge in [-0.1, -0.05) is 170 Å². The molecule has 0 saturated heterocycles. The molecule has 10 aromatic carbocycles. The van der Waals surface area contributed by atoms with Crippen LogP contribution in [-0.2, 0) is 0 Å². The summed E-state index contributed by atoms with van der Waals surface area (Å²) in [6, 6.07) is 70.7. The van der Waals surface area contributed by atoms with E-state index >= 15 is 0 Å². The van der Waals surface area contributed by atoms with Gasteiger partial charge in [0.25, 0.3) is 0 Å². The fraction of sp³-hybridized carbons (Fsp3) is 0. The molecule has 53 heavy (non-hydrogen) atoms. The molecular weight excluding hydrogens is 641 g/mol. The second kappa shape index (κ2) is 11.8. The van der Waals surface area contributed by atoms with Crippen LogP contribution in [0.5, 0.6) is 0 Å². The summed E-state index contributed by atoms with van der Waals surface area (Å²) in [4.78, 5) is 0. The lowest BCUT2D eigenvalue weighted by molar-refractivity contribution is 0.669. The van der Waals surface area contributed by atoms with Crippen molar-refractivity contribution in [1.82, 2.24) is 0 Å². The first-order chi connectivity index (χ1) is 26.3. The van der Waals surface area contributed by atoms with Crippen LogP contribution in [0.25, 0.3) is 110 Å². The van der Waals surface area contributed by atoms with Crippen LogP contribution in [0, 0.1) is 0 Å². The zero-order valence-electron chi connectivity index (χ0n) is 28.9. The topological polar surface area (TPSA) is 13.1 Å². The Morgan fingerprint density at radius 1 is 0.245 bits per heavy atom. The first-order valence-corrected chi connectivity index (χ1v) is 18.3. The Labute approximate surface area is 307 Å². The van der Waals surface area contributed by atoms with Crippen LogP contribution in [0.15, 0.2) is 199 Å². The van der Waals surface area contributed by atoms with Gasteiger partial charge in [-0.25, -0.2) is 0 Å². The third-order valence-corrected chi connectivity index (χ3v) is 11.1. The molecule has 11 aromatic rings. The second-order valence-electron chi connectivity index (χ2n) is 14.0. The van der Waals surface area contributed by atoms with E-state index in [0.717, 1.165) is 27.5 Å². The van der Waals surface area contributed by atoms with Crippen LogP contribution in [0.2, 0.25) is 0 Å². The number of rotatable bonds is 4. The average molecular weight is 673 g/mol. The van der Waals surface area contributed by atoms with E-state index in [1.54, 1.807) is 0 Å². The molecule has 246 valence electrons. The lowest BCUT2D eigenvalue weighted by atomic mass is 9.81. The minimum absolute atomic E-state index is 0.896. The van der Waals surface area contributed by atoms with Crippen molar-refractivity contribution in [2.45, 2.75) is 0 Å². The van der Waals surface area contributed by atoms with Crippen LogP contribution in [0.1, 0.15) is 0 Å². The molecule has 1 nitrogen and oxygen atoms in total. The molecular formula is C52H32O. The zero-order chi connectivity index (χ0) is 34.9. The monoisotopic (exact) mass is 672 g/mol. The van der Waals surface area contributed by atoms with E-state index in [1.807, 2.05) is 6.07 Å². The molecule has 0 unspecified atom stereocenters. The van der Waals surface area contributed by atoms with Crippen LogP contribution in [-0.4, -0.2) is 0 Å². The first-order valence-electron chi connectivity index (χ1n) is 18.3. The minimum Gasteiger partial charge on any atom is -0.456 e. The van der Waals surface area contributed by atoms with Crippen LogP contribution >= 0.6 is 0 Å². The van der Waals surface area contributed by atoms with Gasteiger partial charge in [0, 0.05) is 10.8 Å². The molecule has 1 heterocycles. The second-order valence-corrected chi connectivity index (χ2v) is 14.0. The van der Waals surface area contributed by atoms with Crippen molar-refractivity contribution in [2.75, 3.05) is 0 Å². The molecule has 0 fully saturated rings. The lowest BCUT2D eigenvalue weighted by Gasteiger charge is -2.21. The smallest absolute Gasteiger partial charge is 0.136 e. The van der Waals surface area contributed by atoms with Gasteiger partial charge in [-0.2, -0.15) is 0 Å². The van der Waals surface area contributed by atoms with Crippen LogP contribution in [0.3, 0.4) is 0 Å². The van der Waals surface area contributed by atoms with Gasteiger partial charge in [-0.3, -0.25) is 0 Å². The van der Waals surface area contributed by atoms with E-state index in [1.165, 1.54) is 82.0 Å². The predicted octanol–water partition coefficient (Wildman–Crippen LogP) is 14.9. The molecule has 0 aliphatic rings. The summed E-state index contributed by atoms with van der Waals surface area (Å²) in [5.74, 6) is 0. The summed E-state index contributed by atoms with van der Waals surface area (Å²) >= 11 is 0. The Hall–Kier alpha value is -6.96. The average Bonchev–Trinajstić information content (AvgIpc) is 3.59. The summed E-state index contributed by atoms with van der Waals surface area (Å²) in [6.07, 6.45) is 0. The first kappa shape index (κ1) is 29.7. The molecule has 0 radical (unpaired) electrons. The maximum absolute atomic E-state index is 6.55. The van der Waals surface area contributed by atoms with Crippen molar-refractivity contribution in [2.24, 2.45) is 0 Å². The normalized spacial score (nSPS) is 11.8. The largest absolute Gasteiger partial charge is 0.456 e. The molecule has 0 aliphatic carbocycles.